The second-order valence-corrected chi connectivity index (χ2v) is 8.80. The Balaban J connectivity index is 2.05. The molecule has 0 fully saturated rings. The normalized spacial score (nSPS) is 11.8. The maximum atomic E-state index is 15.2. The van der Waals surface area contributed by atoms with Crippen molar-refractivity contribution in [2.24, 2.45) is 0 Å². The van der Waals surface area contributed by atoms with Crippen LogP contribution in [0.2, 0.25) is 0 Å². The number of halogens is 7. The van der Waals surface area contributed by atoms with Crippen LogP contribution in [0.25, 0.3) is 11.1 Å². The Morgan fingerprint density at radius 2 is 1.10 bits per heavy atom. The molecule has 0 N–H and O–H groups in total. The van der Waals surface area contributed by atoms with Crippen molar-refractivity contribution in [3.8, 4) is 34.1 Å². The number of rotatable bonds is 13. The number of ether oxygens (including phenoxy) is 4. The molecule has 0 aromatic heterocycles. The van der Waals surface area contributed by atoms with E-state index in [0.29, 0.717) is 61.6 Å². The smallest absolute Gasteiger partial charge is 0.432 e. The number of benzene rings is 3. The largest absolute Gasteiger partial charge is 0.493 e. The molecule has 0 saturated carbocycles. The van der Waals surface area contributed by atoms with Gasteiger partial charge in [0.25, 0.3) is 0 Å². The molecule has 218 valence electrons. The van der Waals surface area contributed by atoms with Crippen molar-refractivity contribution < 1.29 is 49.7 Å². The van der Waals surface area contributed by atoms with Crippen LogP contribution in [-0.2, 0) is 12.3 Å². The Morgan fingerprint density at radius 1 is 0.625 bits per heavy atom. The third-order valence-corrected chi connectivity index (χ3v) is 5.49. The Labute approximate surface area is 227 Å². The van der Waals surface area contributed by atoms with Crippen molar-refractivity contribution in [3.63, 3.8) is 0 Å². The van der Waals surface area contributed by atoms with Gasteiger partial charge in [-0.05, 0) is 61.2 Å². The minimum atomic E-state index is -4.70. The summed E-state index contributed by atoms with van der Waals surface area (Å²) in [7, 11) is 0. The summed E-state index contributed by atoms with van der Waals surface area (Å²) in [4.78, 5) is 0. The lowest BCUT2D eigenvalue weighted by atomic mass is 10.00. The first-order valence-corrected chi connectivity index (χ1v) is 12.7. The molecule has 0 heterocycles. The summed E-state index contributed by atoms with van der Waals surface area (Å²) in [6.07, 6.45) is -7.31. The first-order chi connectivity index (χ1) is 18.9. The monoisotopic (exact) mass is 574 g/mol. The van der Waals surface area contributed by atoms with E-state index in [0.717, 1.165) is 6.42 Å². The summed E-state index contributed by atoms with van der Waals surface area (Å²) in [5.74, 6) is -3.23. The average molecular weight is 575 g/mol. The van der Waals surface area contributed by atoms with Crippen LogP contribution in [0.1, 0.15) is 51.2 Å². The lowest BCUT2D eigenvalue weighted by Crippen LogP contribution is -2.25. The zero-order chi connectivity index (χ0) is 29.5. The summed E-state index contributed by atoms with van der Waals surface area (Å²) in [6, 6.07) is 6.77. The zero-order valence-electron chi connectivity index (χ0n) is 22.1. The van der Waals surface area contributed by atoms with Gasteiger partial charge in [0.15, 0.2) is 0 Å². The van der Waals surface area contributed by atoms with Crippen LogP contribution in [0.5, 0.6) is 23.0 Å². The molecule has 0 aliphatic rings. The molecule has 0 aliphatic heterocycles. The van der Waals surface area contributed by atoms with Gasteiger partial charge in [-0.25, -0.2) is 8.78 Å². The van der Waals surface area contributed by atoms with E-state index in [4.69, 9.17) is 14.2 Å². The van der Waals surface area contributed by atoms with Crippen molar-refractivity contribution in [2.75, 3.05) is 19.8 Å². The van der Waals surface area contributed by atoms with E-state index in [-0.39, 0.29) is 35.8 Å². The van der Waals surface area contributed by atoms with Gasteiger partial charge in [-0.15, -0.1) is 0 Å². The Hall–Kier alpha value is -3.63. The standard InChI is InChI=1S/C29H29F7O4/c1-4-11-37-21-16-24(38-12-5-2)26(25(17-21)39-13-6-3)18-14-22(30)27(23(31)15-18)29(35,36)40-20-9-7-19(8-10-20)28(32,33)34/h7-10,14-17H,4-6,11-13H2,1-3H3. The molecule has 0 spiro atoms. The highest BCUT2D eigenvalue weighted by Crippen LogP contribution is 2.45. The highest BCUT2D eigenvalue weighted by molar-refractivity contribution is 5.78. The first-order valence-electron chi connectivity index (χ1n) is 12.7. The molecule has 0 amide bonds. The molecule has 11 heteroatoms. The van der Waals surface area contributed by atoms with Gasteiger partial charge in [-0.3, -0.25) is 0 Å². The number of hydrogen-bond acceptors (Lipinski definition) is 4. The van der Waals surface area contributed by atoms with Crippen molar-refractivity contribution in [1.82, 2.24) is 0 Å². The van der Waals surface area contributed by atoms with Gasteiger partial charge in [0.05, 0.1) is 30.9 Å². The molecule has 0 unspecified atom stereocenters. The van der Waals surface area contributed by atoms with Crippen molar-refractivity contribution in [2.45, 2.75) is 52.3 Å². The van der Waals surface area contributed by atoms with E-state index < -0.39 is 40.8 Å². The third-order valence-electron chi connectivity index (χ3n) is 5.49. The summed E-state index contributed by atoms with van der Waals surface area (Å²) >= 11 is 0. The maximum absolute atomic E-state index is 15.2. The van der Waals surface area contributed by atoms with Crippen LogP contribution >= 0.6 is 0 Å². The fraction of sp³-hybridized carbons (Fsp3) is 0.379. The van der Waals surface area contributed by atoms with Crippen molar-refractivity contribution in [1.29, 1.82) is 0 Å². The minimum Gasteiger partial charge on any atom is -0.493 e. The van der Waals surface area contributed by atoms with Gasteiger partial charge in [-0.2, -0.15) is 22.0 Å². The second-order valence-electron chi connectivity index (χ2n) is 8.80. The van der Waals surface area contributed by atoms with Crippen LogP contribution in [0, 0.1) is 11.6 Å². The summed E-state index contributed by atoms with van der Waals surface area (Å²) in [5, 5.41) is 0. The molecule has 0 saturated heterocycles. The van der Waals surface area contributed by atoms with Gasteiger partial charge in [-0.1, -0.05) is 20.8 Å². The molecule has 3 aromatic rings. The fourth-order valence-corrected chi connectivity index (χ4v) is 3.71. The molecule has 40 heavy (non-hydrogen) atoms. The van der Waals surface area contributed by atoms with Gasteiger partial charge >= 0.3 is 12.3 Å². The predicted molar refractivity (Wildman–Crippen MR) is 135 cm³/mol. The van der Waals surface area contributed by atoms with Gasteiger partial charge in [0.2, 0.25) is 0 Å². The summed E-state index contributed by atoms with van der Waals surface area (Å²) in [6.45, 7) is 6.53. The Bertz CT molecular complexity index is 1220. The quantitative estimate of drug-likeness (QED) is 0.191. The van der Waals surface area contributed by atoms with Gasteiger partial charge < -0.3 is 18.9 Å². The third kappa shape index (κ3) is 7.51. The molecule has 0 radical (unpaired) electrons. The highest BCUT2D eigenvalue weighted by atomic mass is 19.4. The van der Waals surface area contributed by atoms with Crippen LogP contribution in [0.4, 0.5) is 30.7 Å². The SMILES string of the molecule is CCCOc1cc(OCCC)c(-c2cc(F)c(C(F)(F)Oc3ccc(C(F)(F)F)cc3)c(F)c2)c(OCCC)c1. The number of alkyl halides is 5. The van der Waals surface area contributed by atoms with E-state index in [1.807, 2.05) is 20.8 Å². The molecular formula is C29H29F7O4. The molecule has 0 atom stereocenters. The van der Waals surface area contributed by atoms with Crippen LogP contribution in [0.3, 0.4) is 0 Å². The minimum absolute atomic E-state index is 0.136. The first kappa shape index (κ1) is 30.9. The maximum Gasteiger partial charge on any atom is 0.432 e. The summed E-state index contributed by atoms with van der Waals surface area (Å²) in [5.41, 5.74) is -2.80. The zero-order valence-corrected chi connectivity index (χ0v) is 22.1. The lowest BCUT2D eigenvalue weighted by Gasteiger charge is -2.22. The van der Waals surface area contributed by atoms with E-state index >= 15 is 8.78 Å². The van der Waals surface area contributed by atoms with E-state index in [9.17, 15) is 22.0 Å². The average Bonchev–Trinajstić information content (AvgIpc) is 2.88. The highest BCUT2D eigenvalue weighted by Gasteiger charge is 2.42. The lowest BCUT2D eigenvalue weighted by molar-refractivity contribution is -0.189. The van der Waals surface area contributed by atoms with Crippen molar-refractivity contribution in [3.05, 3.63) is 71.3 Å². The Kier molecular flexibility index (Phi) is 10.2. The molecule has 4 nitrogen and oxygen atoms in total. The van der Waals surface area contributed by atoms with E-state index in [1.54, 1.807) is 0 Å². The van der Waals surface area contributed by atoms with Gasteiger partial charge in [0, 0.05) is 12.1 Å². The fourth-order valence-electron chi connectivity index (χ4n) is 3.71. The molecule has 3 aromatic carbocycles. The van der Waals surface area contributed by atoms with Crippen LogP contribution in [0.15, 0.2) is 48.5 Å². The molecule has 0 aliphatic carbocycles. The van der Waals surface area contributed by atoms with Crippen LogP contribution in [-0.4, -0.2) is 19.8 Å². The molecule has 3 rings (SSSR count). The second kappa shape index (κ2) is 13.1. The summed E-state index contributed by atoms with van der Waals surface area (Å²) < 4.78 is 120. The topological polar surface area (TPSA) is 36.9 Å². The van der Waals surface area contributed by atoms with Crippen molar-refractivity contribution >= 4 is 0 Å². The predicted octanol–water partition coefficient (Wildman–Crippen LogP) is 9.15. The molecule has 0 bridgehead atoms. The van der Waals surface area contributed by atoms with Crippen LogP contribution < -0.4 is 18.9 Å². The Morgan fingerprint density at radius 3 is 1.55 bits per heavy atom. The van der Waals surface area contributed by atoms with E-state index in [1.165, 1.54) is 12.1 Å². The van der Waals surface area contributed by atoms with Gasteiger partial charge in [0.1, 0.15) is 40.2 Å². The van der Waals surface area contributed by atoms with E-state index in [2.05, 4.69) is 4.74 Å². The number of hydrogen-bond donors (Lipinski definition) is 0. The molecular weight excluding hydrogens is 545 g/mol.